The van der Waals surface area contributed by atoms with E-state index in [0.717, 1.165) is 31.8 Å². The Balaban J connectivity index is 1.81. The molecule has 0 bridgehead atoms. The second kappa shape index (κ2) is 7.01. The van der Waals surface area contributed by atoms with Crippen LogP contribution in [0, 0.1) is 0 Å². The summed E-state index contributed by atoms with van der Waals surface area (Å²) in [5.74, 6) is 0.875. The van der Waals surface area contributed by atoms with E-state index >= 15 is 0 Å². The number of nitrogens with one attached hydrogen (secondary N) is 1. The van der Waals surface area contributed by atoms with Gasteiger partial charge in [-0.3, -0.25) is 4.90 Å². The molecule has 1 heterocycles. The van der Waals surface area contributed by atoms with Gasteiger partial charge < -0.3 is 14.8 Å². The predicted molar refractivity (Wildman–Crippen MR) is 86.0 cm³/mol. The molecule has 1 aliphatic rings. The fourth-order valence-corrected chi connectivity index (χ4v) is 2.60. The number of nitrogens with zero attached hydrogens (tertiary/aromatic N) is 1. The van der Waals surface area contributed by atoms with Crippen molar-refractivity contribution in [2.75, 3.05) is 20.2 Å². The van der Waals surface area contributed by atoms with Crippen molar-refractivity contribution in [3.05, 3.63) is 29.8 Å². The van der Waals surface area contributed by atoms with Crippen LogP contribution < -0.4 is 10.1 Å². The number of benzene rings is 1. The zero-order valence-electron chi connectivity index (χ0n) is 13.9. The van der Waals surface area contributed by atoms with Crippen molar-refractivity contribution in [3.63, 3.8) is 0 Å². The SMILES string of the molecule is COc1cccc(CN2CC[C@@H](NC(=O)OC(C)(C)C)C2)c1. The fourth-order valence-electron chi connectivity index (χ4n) is 2.60. The molecular weight excluding hydrogens is 280 g/mol. The number of carbonyl (C=O) groups is 1. The van der Waals surface area contributed by atoms with Gasteiger partial charge in [-0.1, -0.05) is 12.1 Å². The van der Waals surface area contributed by atoms with E-state index in [0.29, 0.717) is 0 Å². The predicted octanol–water partition coefficient (Wildman–Crippen LogP) is 2.79. The highest BCUT2D eigenvalue weighted by atomic mass is 16.6. The van der Waals surface area contributed by atoms with Crippen molar-refractivity contribution in [1.82, 2.24) is 10.2 Å². The molecule has 0 unspecified atom stereocenters. The summed E-state index contributed by atoms with van der Waals surface area (Å²) in [6.07, 6.45) is 0.615. The lowest BCUT2D eigenvalue weighted by molar-refractivity contribution is 0.0506. The van der Waals surface area contributed by atoms with Gasteiger partial charge >= 0.3 is 6.09 Å². The molecule has 2 rings (SSSR count). The molecule has 1 saturated heterocycles. The lowest BCUT2D eigenvalue weighted by Gasteiger charge is -2.22. The third kappa shape index (κ3) is 5.22. The van der Waals surface area contributed by atoms with E-state index in [-0.39, 0.29) is 12.1 Å². The number of ether oxygens (including phenoxy) is 2. The zero-order valence-corrected chi connectivity index (χ0v) is 13.9. The monoisotopic (exact) mass is 306 g/mol. The molecule has 0 radical (unpaired) electrons. The Morgan fingerprint density at radius 1 is 1.41 bits per heavy atom. The van der Waals surface area contributed by atoms with Crippen molar-refractivity contribution >= 4 is 6.09 Å². The second-order valence-corrected chi connectivity index (χ2v) is 6.72. The molecule has 0 aromatic heterocycles. The van der Waals surface area contributed by atoms with Crippen LogP contribution in [0.2, 0.25) is 0 Å². The third-order valence-corrected chi connectivity index (χ3v) is 3.53. The zero-order chi connectivity index (χ0) is 16.2. The molecule has 1 N–H and O–H groups in total. The lowest BCUT2D eigenvalue weighted by Crippen LogP contribution is -2.40. The molecule has 1 amide bonds. The van der Waals surface area contributed by atoms with Crippen LogP contribution in [0.1, 0.15) is 32.8 Å². The number of rotatable bonds is 4. The van der Waals surface area contributed by atoms with Gasteiger partial charge in [-0.25, -0.2) is 4.79 Å². The summed E-state index contributed by atoms with van der Waals surface area (Å²) in [7, 11) is 1.68. The summed E-state index contributed by atoms with van der Waals surface area (Å²) in [5.41, 5.74) is 0.764. The summed E-state index contributed by atoms with van der Waals surface area (Å²) in [4.78, 5) is 14.1. The molecule has 5 heteroatoms. The van der Waals surface area contributed by atoms with Gasteiger partial charge in [0.1, 0.15) is 11.4 Å². The average Bonchev–Trinajstić information content (AvgIpc) is 2.83. The minimum atomic E-state index is -0.455. The Hall–Kier alpha value is -1.75. The first-order chi connectivity index (χ1) is 10.4. The molecule has 1 aliphatic heterocycles. The maximum Gasteiger partial charge on any atom is 0.407 e. The van der Waals surface area contributed by atoms with Crippen LogP contribution in [0.4, 0.5) is 4.79 Å². The van der Waals surface area contributed by atoms with Crippen LogP contribution in [0.5, 0.6) is 5.75 Å². The van der Waals surface area contributed by atoms with Crippen LogP contribution in [-0.2, 0) is 11.3 Å². The summed E-state index contributed by atoms with van der Waals surface area (Å²) in [6, 6.07) is 8.24. The van der Waals surface area contributed by atoms with Gasteiger partial charge in [0.05, 0.1) is 7.11 Å². The number of carbonyl (C=O) groups excluding carboxylic acids is 1. The highest BCUT2D eigenvalue weighted by Crippen LogP contribution is 2.18. The minimum Gasteiger partial charge on any atom is -0.497 e. The van der Waals surface area contributed by atoms with Crippen molar-refractivity contribution in [3.8, 4) is 5.75 Å². The maximum absolute atomic E-state index is 11.8. The molecule has 122 valence electrons. The van der Waals surface area contributed by atoms with Gasteiger partial charge in [0.25, 0.3) is 0 Å². The Morgan fingerprint density at radius 3 is 2.86 bits per heavy atom. The van der Waals surface area contributed by atoms with E-state index < -0.39 is 5.60 Å². The normalized spacial score (nSPS) is 19.0. The van der Waals surface area contributed by atoms with Crippen LogP contribution >= 0.6 is 0 Å². The average molecular weight is 306 g/mol. The number of alkyl carbamates (subject to hydrolysis) is 1. The first kappa shape index (κ1) is 16.6. The number of hydrogen-bond acceptors (Lipinski definition) is 4. The molecule has 1 fully saturated rings. The third-order valence-electron chi connectivity index (χ3n) is 3.53. The number of likely N-dealkylation sites (tertiary alicyclic amines) is 1. The molecule has 5 nitrogen and oxygen atoms in total. The van der Waals surface area contributed by atoms with Crippen molar-refractivity contribution < 1.29 is 14.3 Å². The molecule has 0 spiro atoms. The molecule has 1 aromatic rings. The van der Waals surface area contributed by atoms with Crippen molar-refractivity contribution in [2.45, 2.75) is 45.4 Å². The second-order valence-electron chi connectivity index (χ2n) is 6.72. The summed E-state index contributed by atoms with van der Waals surface area (Å²) in [5, 5.41) is 2.95. The van der Waals surface area contributed by atoms with E-state index in [1.165, 1.54) is 5.56 Å². The van der Waals surface area contributed by atoms with E-state index in [4.69, 9.17) is 9.47 Å². The van der Waals surface area contributed by atoms with E-state index in [9.17, 15) is 4.79 Å². The van der Waals surface area contributed by atoms with Crippen LogP contribution in [0.15, 0.2) is 24.3 Å². The van der Waals surface area contributed by atoms with Gasteiger partial charge in [0, 0.05) is 25.7 Å². The maximum atomic E-state index is 11.8. The number of amides is 1. The molecule has 0 aliphatic carbocycles. The molecule has 1 atom stereocenters. The Kier molecular flexibility index (Phi) is 5.29. The molecular formula is C17H26N2O3. The quantitative estimate of drug-likeness (QED) is 0.929. The van der Waals surface area contributed by atoms with Gasteiger partial charge in [-0.05, 0) is 44.9 Å². The smallest absolute Gasteiger partial charge is 0.407 e. The van der Waals surface area contributed by atoms with Gasteiger partial charge in [0.2, 0.25) is 0 Å². The Morgan fingerprint density at radius 2 is 2.18 bits per heavy atom. The highest BCUT2D eigenvalue weighted by Gasteiger charge is 2.26. The number of methoxy groups -OCH3 is 1. The van der Waals surface area contributed by atoms with Crippen LogP contribution in [0.3, 0.4) is 0 Å². The van der Waals surface area contributed by atoms with E-state index in [2.05, 4.69) is 22.3 Å². The van der Waals surface area contributed by atoms with Crippen LogP contribution in [-0.4, -0.2) is 42.8 Å². The first-order valence-electron chi connectivity index (χ1n) is 7.70. The summed E-state index contributed by atoms with van der Waals surface area (Å²) < 4.78 is 10.5. The Labute approximate surface area is 132 Å². The molecule has 1 aromatic carbocycles. The van der Waals surface area contributed by atoms with Crippen LogP contribution in [0.25, 0.3) is 0 Å². The fraction of sp³-hybridized carbons (Fsp3) is 0.588. The molecule has 22 heavy (non-hydrogen) atoms. The number of hydrogen-bond donors (Lipinski definition) is 1. The van der Waals surface area contributed by atoms with Crippen molar-refractivity contribution in [2.24, 2.45) is 0 Å². The highest BCUT2D eigenvalue weighted by molar-refractivity contribution is 5.68. The topological polar surface area (TPSA) is 50.8 Å². The first-order valence-corrected chi connectivity index (χ1v) is 7.70. The van der Waals surface area contributed by atoms with E-state index in [1.807, 2.05) is 32.9 Å². The minimum absolute atomic E-state index is 0.153. The van der Waals surface area contributed by atoms with Gasteiger partial charge in [-0.2, -0.15) is 0 Å². The lowest BCUT2D eigenvalue weighted by atomic mass is 10.2. The summed E-state index contributed by atoms with van der Waals surface area (Å²) >= 11 is 0. The van der Waals surface area contributed by atoms with Gasteiger partial charge in [-0.15, -0.1) is 0 Å². The molecule has 0 saturated carbocycles. The standard InChI is InChI=1S/C17H26N2O3/c1-17(2,3)22-16(20)18-14-8-9-19(12-14)11-13-6-5-7-15(10-13)21-4/h5-7,10,14H,8-9,11-12H2,1-4H3,(H,18,20)/t14-/m1/s1. The van der Waals surface area contributed by atoms with Crippen molar-refractivity contribution in [1.29, 1.82) is 0 Å². The van der Waals surface area contributed by atoms with Gasteiger partial charge in [0.15, 0.2) is 0 Å². The van der Waals surface area contributed by atoms with E-state index in [1.54, 1.807) is 7.11 Å². The largest absolute Gasteiger partial charge is 0.497 e. The summed E-state index contributed by atoms with van der Waals surface area (Å²) in [6.45, 7) is 8.29. The Bertz CT molecular complexity index is 511.